The zero-order chi connectivity index (χ0) is 28.0. The molecular weight excluding hydrogens is 514 g/mol. The first-order valence-corrected chi connectivity index (χ1v) is 13.3. The number of carbonyl (C=O) groups is 1. The number of phenolic OH excluding ortho intramolecular Hbond substituents is 1. The van der Waals surface area contributed by atoms with Crippen molar-refractivity contribution in [1.82, 2.24) is 15.6 Å². The molecule has 1 heterocycles. The number of aromatic amines is 1. The number of fused-ring (bicyclic) bond motifs is 1. The number of rotatable bonds is 11. The zero-order valence-electron chi connectivity index (χ0n) is 22.1. The highest BCUT2D eigenvalue weighted by atomic mass is 35.5. The molecule has 0 aliphatic rings. The van der Waals surface area contributed by atoms with Crippen LogP contribution in [0.3, 0.4) is 0 Å². The molecule has 8 heteroatoms. The second-order valence-corrected chi connectivity index (χ2v) is 10.9. The number of β-amino-alcohol motifs (C(OH)–C–C–N with tert-alkyl or cyclic N) is 1. The van der Waals surface area contributed by atoms with Gasteiger partial charge in [0.2, 0.25) is 11.5 Å². The lowest BCUT2D eigenvalue weighted by molar-refractivity contribution is -0.120. The minimum atomic E-state index is -0.846. The van der Waals surface area contributed by atoms with Gasteiger partial charge in [0.05, 0.1) is 18.0 Å². The molecule has 1 amide bonds. The van der Waals surface area contributed by atoms with E-state index in [0.717, 1.165) is 23.1 Å². The number of hydrogen-bond donors (Lipinski definition) is 5. The molecule has 7 nitrogen and oxygen atoms in total. The number of halogens is 1. The second kappa shape index (κ2) is 12.5. The van der Waals surface area contributed by atoms with E-state index in [4.69, 9.17) is 11.6 Å². The summed E-state index contributed by atoms with van der Waals surface area (Å²) >= 11 is 5.92. The first kappa shape index (κ1) is 28.4. The van der Waals surface area contributed by atoms with E-state index in [1.54, 1.807) is 12.1 Å². The standard InChI is InChI=1S/C31H34ClN3O4/c1-31(2,34-19-27(37)24-10-12-26(36)30-25(24)11-13-28(38)35-30)18-22-5-3-4-21(16-22)17-29(39)33-15-14-20-6-8-23(32)9-7-20/h3-13,16,27,34,36-37H,14-15,17-19H2,1-2H3,(H,33,39)(H,35,38)/t27-/m1/s1. The third kappa shape index (κ3) is 7.93. The highest BCUT2D eigenvalue weighted by Gasteiger charge is 2.21. The van der Waals surface area contributed by atoms with E-state index in [1.807, 2.05) is 48.5 Å². The van der Waals surface area contributed by atoms with Crippen LogP contribution in [0.25, 0.3) is 10.9 Å². The van der Waals surface area contributed by atoms with E-state index in [9.17, 15) is 19.8 Å². The van der Waals surface area contributed by atoms with Gasteiger partial charge in [0, 0.05) is 35.1 Å². The van der Waals surface area contributed by atoms with Crippen LogP contribution in [0.15, 0.2) is 77.6 Å². The van der Waals surface area contributed by atoms with Crippen molar-refractivity contribution >= 4 is 28.4 Å². The van der Waals surface area contributed by atoms with Crippen molar-refractivity contribution in [3.05, 3.63) is 110 Å². The van der Waals surface area contributed by atoms with Gasteiger partial charge in [-0.1, -0.05) is 54.1 Å². The van der Waals surface area contributed by atoms with Gasteiger partial charge < -0.3 is 25.8 Å². The minimum absolute atomic E-state index is 0.0240. The Morgan fingerprint density at radius 1 is 1.00 bits per heavy atom. The number of pyridine rings is 1. The van der Waals surface area contributed by atoms with Gasteiger partial charge in [0.15, 0.2) is 0 Å². The Bertz CT molecular complexity index is 1500. The molecule has 0 aliphatic carbocycles. The number of aliphatic hydroxyl groups is 1. The van der Waals surface area contributed by atoms with Crippen LogP contribution in [0, 0.1) is 0 Å². The summed E-state index contributed by atoms with van der Waals surface area (Å²) in [5.74, 6) is -0.0638. The zero-order valence-corrected chi connectivity index (χ0v) is 22.9. The van der Waals surface area contributed by atoms with Crippen molar-refractivity contribution < 1.29 is 15.0 Å². The number of aliphatic hydroxyl groups excluding tert-OH is 1. The number of carbonyl (C=O) groups excluding carboxylic acids is 1. The van der Waals surface area contributed by atoms with Crippen LogP contribution in [-0.2, 0) is 24.1 Å². The lowest BCUT2D eigenvalue weighted by atomic mass is 9.92. The van der Waals surface area contributed by atoms with Gasteiger partial charge in [-0.15, -0.1) is 0 Å². The summed E-state index contributed by atoms with van der Waals surface area (Å²) in [6, 6.07) is 21.7. The monoisotopic (exact) mass is 547 g/mol. The predicted octanol–water partition coefficient (Wildman–Crippen LogP) is 4.43. The van der Waals surface area contributed by atoms with E-state index in [1.165, 1.54) is 12.1 Å². The molecule has 39 heavy (non-hydrogen) atoms. The topological polar surface area (TPSA) is 114 Å². The number of phenols is 1. The number of hydrogen-bond acceptors (Lipinski definition) is 5. The summed E-state index contributed by atoms with van der Waals surface area (Å²) in [7, 11) is 0. The molecular formula is C31H34ClN3O4. The Kier molecular flexibility index (Phi) is 9.07. The van der Waals surface area contributed by atoms with E-state index >= 15 is 0 Å². The van der Waals surface area contributed by atoms with E-state index in [2.05, 4.69) is 29.5 Å². The number of H-pyrrole nitrogens is 1. The summed E-state index contributed by atoms with van der Waals surface area (Å²) in [6.45, 7) is 4.96. The van der Waals surface area contributed by atoms with Crippen LogP contribution in [0.2, 0.25) is 5.02 Å². The van der Waals surface area contributed by atoms with E-state index in [0.29, 0.717) is 40.9 Å². The third-order valence-corrected chi connectivity index (χ3v) is 6.94. The average molecular weight is 548 g/mol. The van der Waals surface area contributed by atoms with Crippen molar-refractivity contribution in [3.63, 3.8) is 0 Å². The van der Waals surface area contributed by atoms with Crippen LogP contribution in [0.1, 0.15) is 42.2 Å². The van der Waals surface area contributed by atoms with Crippen molar-refractivity contribution in [2.24, 2.45) is 0 Å². The maximum atomic E-state index is 12.5. The smallest absolute Gasteiger partial charge is 0.248 e. The molecule has 0 unspecified atom stereocenters. The van der Waals surface area contributed by atoms with Crippen LogP contribution >= 0.6 is 11.6 Å². The maximum absolute atomic E-state index is 12.5. The fourth-order valence-corrected chi connectivity index (χ4v) is 4.83. The number of benzene rings is 3. The highest BCUT2D eigenvalue weighted by Crippen LogP contribution is 2.29. The fraction of sp³-hybridized carbons (Fsp3) is 0.290. The fourth-order valence-electron chi connectivity index (χ4n) is 4.70. The Morgan fingerprint density at radius 2 is 1.74 bits per heavy atom. The van der Waals surface area contributed by atoms with Gasteiger partial charge in [-0.3, -0.25) is 9.59 Å². The largest absolute Gasteiger partial charge is 0.506 e. The van der Waals surface area contributed by atoms with Crippen LogP contribution in [-0.4, -0.2) is 39.7 Å². The van der Waals surface area contributed by atoms with Gasteiger partial charge in [-0.25, -0.2) is 0 Å². The number of aromatic nitrogens is 1. The van der Waals surface area contributed by atoms with Gasteiger partial charge in [0.25, 0.3) is 0 Å². The highest BCUT2D eigenvalue weighted by molar-refractivity contribution is 6.30. The van der Waals surface area contributed by atoms with Crippen molar-refractivity contribution in [2.75, 3.05) is 13.1 Å². The molecule has 0 saturated carbocycles. The van der Waals surface area contributed by atoms with Gasteiger partial charge >= 0.3 is 0 Å². The number of aromatic hydroxyl groups is 1. The summed E-state index contributed by atoms with van der Waals surface area (Å²) in [4.78, 5) is 26.8. The quantitative estimate of drug-likeness (QED) is 0.190. The first-order valence-electron chi connectivity index (χ1n) is 13.0. The first-order chi connectivity index (χ1) is 18.6. The molecule has 3 aromatic carbocycles. The Balaban J connectivity index is 1.31. The molecule has 0 aliphatic heterocycles. The van der Waals surface area contributed by atoms with Crippen molar-refractivity contribution in [3.8, 4) is 5.75 Å². The normalized spacial score (nSPS) is 12.4. The lowest BCUT2D eigenvalue weighted by Gasteiger charge is -2.28. The second-order valence-electron chi connectivity index (χ2n) is 10.5. The number of amides is 1. The van der Waals surface area contributed by atoms with Crippen molar-refractivity contribution in [2.45, 2.75) is 44.8 Å². The van der Waals surface area contributed by atoms with Gasteiger partial charge in [-0.2, -0.15) is 0 Å². The molecule has 0 spiro atoms. The summed E-state index contributed by atoms with van der Waals surface area (Å²) in [5.41, 5.74) is 3.41. The number of nitrogens with one attached hydrogen (secondary N) is 3. The lowest BCUT2D eigenvalue weighted by Crippen LogP contribution is -2.43. The molecule has 0 bridgehead atoms. The van der Waals surface area contributed by atoms with Gasteiger partial charge in [0.1, 0.15) is 5.75 Å². The third-order valence-electron chi connectivity index (χ3n) is 6.69. The van der Waals surface area contributed by atoms with E-state index < -0.39 is 6.10 Å². The summed E-state index contributed by atoms with van der Waals surface area (Å²) in [5, 5.41) is 28.7. The molecule has 204 valence electrons. The predicted molar refractivity (Wildman–Crippen MR) is 155 cm³/mol. The van der Waals surface area contributed by atoms with Crippen LogP contribution < -0.4 is 16.2 Å². The maximum Gasteiger partial charge on any atom is 0.248 e. The molecule has 0 saturated heterocycles. The SMILES string of the molecule is CC(C)(Cc1cccc(CC(=O)NCCc2ccc(Cl)cc2)c1)NC[C@@H](O)c1ccc(O)c2[nH]c(=O)ccc12. The average Bonchev–Trinajstić information content (AvgIpc) is 2.89. The Labute approximate surface area is 232 Å². The molecule has 1 atom stereocenters. The van der Waals surface area contributed by atoms with Crippen LogP contribution in [0.5, 0.6) is 5.75 Å². The molecule has 0 radical (unpaired) electrons. The Hall–Kier alpha value is -3.65. The minimum Gasteiger partial charge on any atom is -0.506 e. The van der Waals surface area contributed by atoms with Crippen LogP contribution in [0.4, 0.5) is 0 Å². The summed E-state index contributed by atoms with van der Waals surface area (Å²) in [6.07, 6.45) is 0.889. The molecule has 0 fully saturated rings. The van der Waals surface area contributed by atoms with Gasteiger partial charge in [-0.05, 0) is 73.2 Å². The Morgan fingerprint density at radius 3 is 2.51 bits per heavy atom. The van der Waals surface area contributed by atoms with E-state index in [-0.39, 0.29) is 29.3 Å². The molecule has 1 aromatic heterocycles. The molecule has 5 N–H and O–H groups in total. The molecule has 4 aromatic rings. The molecule has 4 rings (SSSR count). The summed E-state index contributed by atoms with van der Waals surface area (Å²) < 4.78 is 0. The van der Waals surface area contributed by atoms with Crippen molar-refractivity contribution in [1.29, 1.82) is 0 Å².